The summed E-state index contributed by atoms with van der Waals surface area (Å²) in [5.74, 6) is 0.370. The third-order valence-electron chi connectivity index (χ3n) is 3.54. The Kier molecular flexibility index (Phi) is 7.61. The van der Waals surface area contributed by atoms with Crippen molar-refractivity contribution in [2.45, 2.75) is 13.5 Å². The van der Waals surface area contributed by atoms with E-state index in [1.54, 1.807) is 12.1 Å². The fourth-order valence-electron chi connectivity index (χ4n) is 2.24. The average molecular weight is 377 g/mol. The van der Waals surface area contributed by atoms with Crippen molar-refractivity contribution in [3.63, 3.8) is 0 Å². The minimum absolute atomic E-state index is 0.123. The van der Waals surface area contributed by atoms with Crippen molar-refractivity contribution < 1.29 is 27.8 Å². The molecule has 2 rings (SSSR count). The lowest BCUT2D eigenvalue weighted by molar-refractivity contribution is -0.116. The smallest absolute Gasteiger partial charge is 0.387 e. The minimum atomic E-state index is -3.00. The molecule has 0 unspecified atom stereocenters. The maximum atomic E-state index is 12.6. The van der Waals surface area contributed by atoms with Crippen molar-refractivity contribution >= 4 is 12.0 Å². The average Bonchev–Trinajstić information content (AvgIpc) is 2.65. The largest absolute Gasteiger partial charge is 0.493 e. The molecule has 0 heterocycles. The highest BCUT2D eigenvalue weighted by Crippen LogP contribution is 2.33. The summed E-state index contributed by atoms with van der Waals surface area (Å²) in [4.78, 5) is 11.9. The van der Waals surface area contributed by atoms with Gasteiger partial charge in [0.05, 0.1) is 13.7 Å². The van der Waals surface area contributed by atoms with Crippen LogP contribution in [0.3, 0.4) is 0 Å². The molecule has 0 fully saturated rings. The molecule has 2 aromatic rings. The summed E-state index contributed by atoms with van der Waals surface area (Å²) in [6.07, 6.45) is 2.62. The zero-order valence-electron chi connectivity index (χ0n) is 15.1. The van der Waals surface area contributed by atoms with Crippen LogP contribution in [-0.4, -0.2) is 32.8 Å². The van der Waals surface area contributed by atoms with Crippen molar-refractivity contribution in [3.05, 3.63) is 59.7 Å². The van der Waals surface area contributed by atoms with Crippen LogP contribution in [-0.2, 0) is 4.79 Å². The van der Waals surface area contributed by atoms with Crippen molar-refractivity contribution in [3.8, 4) is 17.2 Å². The Hall–Kier alpha value is -3.09. The minimum Gasteiger partial charge on any atom is -0.493 e. The van der Waals surface area contributed by atoms with Crippen LogP contribution in [0.1, 0.15) is 11.1 Å². The van der Waals surface area contributed by atoms with E-state index < -0.39 is 6.61 Å². The number of ether oxygens (including phenoxy) is 3. The highest BCUT2D eigenvalue weighted by molar-refractivity contribution is 5.92. The summed E-state index contributed by atoms with van der Waals surface area (Å²) in [5, 5.41) is 2.65. The number of carbonyl (C=O) groups is 1. The van der Waals surface area contributed by atoms with Gasteiger partial charge in [-0.3, -0.25) is 4.79 Å². The predicted octanol–water partition coefficient (Wildman–Crippen LogP) is 3.81. The van der Waals surface area contributed by atoms with Gasteiger partial charge in [0.2, 0.25) is 5.91 Å². The fraction of sp³-hybridized carbons (Fsp3) is 0.250. The molecule has 0 aliphatic carbocycles. The van der Waals surface area contributed by atoms with Gasteiger partial charge in [-0.05, 0) is 31.2 Å². The monoisotopic (exact) mass is 377 g/mol. The third kappa shape index (κ3) is 6.62. The summed E-state index contributed by atoms with van der Waals surface area (Å²) in [5.41, 5.74) is 1.44. The lowest BCUT2D eigenvalue weighted by atomic mass is 10.1. The summed E-state index contributed by atoms with van der Waals surface area (Å²) >= 11 is 0. The molecule has 0 aromatic heterocycles. The number of halogens is 2. The highest BCUT2D eigenvalue weighted by atomic mass is 19.3. The molecule has 5 nitrogen and oxygen atoms in total. The first-order chi connectivity index (χ1) is 13.0. The van der Waals surface area contributed by atoms with Gasteiger partial charge in [0, 0.05) is 11.6 Å². The molecular formula is C20H21F2NO4. The Balaban J connectivity index is 1.87. The van der Waals surface area contributed by atoms with Crippen LogP contribution in [0.5, 0.6) is 17.2 Å². The predicted molar refractivity (Wildman–Crippen MR) is 98.3 cm³/mol. The first-order valence-electron chi connectivity index (χ1n) is 8.27. The van der Waals surface area contributed by atoms with E-state index >= 15 is 0 Å². The van der Waals surface area contributed by atoms with E-state index in [2.05, 4.69) is 10.1 Å². The van der Waals surface area contributed by atoms with Crippen LogP contribution < -0.4 is 19.5 Å². The van der Waals surface area contributed by atoms with Gasteiger partial charge in [-0.15, -0.1) is 0 Å². The van der Waals surface area contributed by atoms with Gasteiger partial charge in [0.25, 0.3) is 0 Å². The molecule has 27 heavy (non-hydrogen) atoms. The van der Waals surface area contributed by atoms with Crippen molar-refractivity contribution in [2.24, 2.45) is 0 Å². The zero-order valence-corrected chi connectivity index (χ0v) is 15.1. The van der Waals surface area contributed by atoms with Crippen molar-refractivity contribution in [1.82, 2.24) is 5.32 Å². The van der Waals surface area contributed by atoms with Crippen LogP contribution >= 0.6 is 0 Å². The zero-order chi connectivity index (χ0) is 19.6. The van der Waals surface area contributed by atoms with E-state index in [9.17, 15) is 13.6 Å². The number of methoxy groups -OCH3 is 1. The molecular weight excluding hydrogens is 356 g/mol. The van der Waals surface area contributed by atoms with Crippen LogP contribution in [0.25, 0.3) is 6.08 Å². The molecule has 0 aliphatic rings. The first-order valence-corrected chi connectivity index (χ1v) is 8.27. The molecule has 0 atom stereocenters. The molecule has 1 N–H and O–H groups in total. The highest BCUT2D eigenvalue weighted by Gasteiger charge is 2.13. The Morgan fingerprint density at radius 1 is 1.19 bits per heavy atom. The van der Waals surface area contributed by atoms with Crippen LogP contribution in [0.2, 0.25) is 0 Å². The number of hydrogen-bond acceptors (Lipinski definition) is 4. The summed E-state index contributed by atoms with van der Waals surface area (Å²) in [6, 6.07) is 12.2. The Bertz CT molecular complexity index is 776. The molecule has 1 amide bonds. The molecule has 0 bridgehead atoms. The number of para-hydroxylation sites is 1. The van der Waals surface area contributed by atoms with Crippen LogP contribution in [0.4, 0.5) is 8.78 Å². The fourth-order valence-corrected chi connectivity index (χ4v) is 2.24. The van der Waals surface area contributed by atoms with Crippen molar-refractivity contribution in [1.29, 1.82) is 0 Å². The van der Waals surface area contributed by atoms with Crippen LogP contribution in [0.15, 0.2) is 48.5 Å². The number of amides is 1. The summed E-state index contributed by atoms with van der Waals surface area (Å²) in [6.45, 7) is -0.408. The lowest BCUT2D eigenvalue weighted by Crippen LogP contribution is -2.26. The van der Waals surface area contributed by atoms with Crippen LogP contribution in [0, 0.1) is 6.92 Å². The second-order valence-electron chi connectivity index (χ2n) is 5.54. The van der Waals surface area contributed by atoms with E-state index in [-0.39, 0.29) is 17.4 Å². The van der Waals surface area contributed by atoms with E-state index in [1.807, 2.05) is 31.2 Å². The third-order valence-corrected chi connectivity index (χ3v) is 3.54. The van der Waals surface area contributed by atoms with Gasteiger partial charge in [-0.2, -0.15) is 8.78 Å². The topological polar surface area (TPSA) is 56.8 Å². The summed E-state index contributed by atoms with van der Waals surface area (Å²) in [7, 11) is 1.35. The molecule has 144 valence electrons. The van der Waals surface area contributed by atoms with E-state index in [0.717, 1.165) is 11.3 Å². The number of alkyl halides is 2. The van der Waals surface area contributed by atoms with Gasteiger partial charge in [0.15, 0.2) is 11.5 Å². The van der Waals surface area contributed by atoms with Gasteiger partial charge in [0.1, 0.15) is 12.4 Å². The molecule has 0 saturated heterocycles. The molecule has 0 saturated carbocycles. The quantitative estimate of drug-likeness (QED) is 0.533. The number of rotatable bonds is 9. The SMILES string of the molecule is COc1cccc(/C=C/C(=O)NCCOc2ccc(C)cc2)c1OC(F)F. The summed E-state index contributed by atoms with van der Waals surface area (Å²) < 4.78 is 40.2. The van der Waals surface area contributed by atoms with Crippen molar-refractivity contribution in [2.75, 3.05) is 20.3 Å². The van der Waals surface area contributed by atoms with Gasteiger partial charge in [-0.25, -0.2) is 0 Å². The number of carbonyl (C=O) groups excluding carboxylic acids is 1. The van der Waals surface area contributed by atoms with Gasteiger partial charge < -0.3 is 19.5 Å². The molecule has 0 radical (unpaired) electrons. The Morgan fingerprint density at radius 3 is 2.59 bits per heavy atom. The van der Waals surface area contributed by atoms with E-state index in [0.29, 0.717) is 18.7 Å². The lowest BCUT2D eigenvalue weighted by Gasteiger charge is -2.12. The number of aryl methyl sites for hydroxylation is 1. The molecule has 7 heteroatoms. The molecule has 0 aliphatic heterocycles. The van der Waals surface area contributed by atoms with E-state index in [4.69, 9.17) is 9.47 Å². The maximum absolute atomic E-state index is 12.6. The number of benzene rings is 2. The molecule has 2 aromatic carbocycles. The maximum Gasteiger partial charge on any atom is 0.387 e. The number of hydrogen-bond donors (Lipinski definition) is 1. The number of nitrogens with one attached hydrogen (secondary N) is 1. The van der Waals surface area contributed by atoms with E-state index in [1.165, 1.54) is 25.3 Å². The second kappa shape index (κ2) is 10.2. The van der Waals surface area contributed by atoms with Gasteiger partial charge >= 0.3 is 6.61 Å². The Morgan fingerprint density at radius 2 is 1.93 bits per heavy atom. The van der Waals surface area contributed by atoms with Gasteiger partial charge in [-0.1, -0.05) is 29.8 Å². The standard InChI is InChI=1S/C20H21F2NO4/c1-14-6-9-16(10-7-14)26-13-12-23-18(24)11-8-15-4-3-5-17(25-2)19(15)27-20(21)22/h3-11,20H,12-13H2,1-2H3,(H,23,24)/b11-8+. The normalized spacial score (nSPS) is 10.9. The second-order valence-corrected chi connectivity index (χ2v) is 5.54. The first kappa shape index (κ1) is 20.2. The molecule has 0 spiro atoms. The Labute approximate surface area is 156 Å².